The van der Waals surface area contributed by atoms with E-state index in [1.165, 1.54) is 23.9 Å². The summed E-state index contributed by atoms with van der Waals surface area (Å²) in [6.45, 7) is 1.58. The molecule has 14 heavy (non-hydrogen) atoms. The first kappa shape index (κ1) is 11.0. The Kier molecular flexibility index (Phi) is 3.52. The molecular formula is C10H11FO2S. The Bertz CT molecular complexity index is 352. The second-order valence-electron chi connectivity index (χ2n) is 2.95. The van der Waals surface area contributed by atoms with Crippen molar-refractivity contribution in [3.63, 3.8) is 0 Å². The zero-order valence-electron chi connectivity index (χ0n) is 7.95. The lowest BCUT2D eigenvalue weighted by Crippen LogP contribution is -2.07. The van der Waals surface area contributed by atoms with Crippen molar-refractivity contribution in [2.75, 3.05) is 6.26 Å². The quantitative estimate of drug-likeness (QED) is 0.786. The smallest absolute Gasteiger partial charge is 0.310 e. The van der Waals surface area contributed by atoms with Gasteiger partial charge in [-0.2, -0.15) is 0 Å². The normalized spacial score (nSPS) is 12.5. The standard InChI is InChI=1S/C10H11FO2S/c1-6(10(12)13)7-3-4-8(11)9(5-7)14-2/h3-6H,1-2H3,(H,12,13). The summed E-state index contributed by atoms with van der Waals surface area (Å²) >= 11 is 1.27. The predicted molar refractivity (Wildman–Crippen MR) is 54.2 cm³/mol. The monoisotopic (exact) mass is 214 g/mol. The van der Waals surface area contributed by atoms with Crippen molar-refractivity contribution >= 4 is 17.7 Å². The number of hydrogen-bond acceptors (Lipinski definition) is 2. The highest BCUT2D eigenvalue weighted by Crippen LogP contribution is 2.24. The van der Waals surface area contributed by atoms with Gasteiger partial charge in [0.05, 0.1) is 5.92 Å². The first-order valence-electron chi connectivity index (χ1n) is 4.12. The van der Waals surface area contributed by atoms with Crippen LogP contribution in [-0.2, 0) is 4.79 Å². The van der Waals surface area contributed by atoms with Crippen molar-refractivity contribution < 1.29 is 14.3 Å². The summed E-state index contributed by atoms with van der Waals surface area (Å²) in [6.07, 6.45) is 1.76. The molecule has 0 fully saturated rings. The molecule has 0 amide bonds. The molecule has 4 heteroatoms. The summed E-state index contributed by atoms with van der Waals surface area (Å²) in [4.78, 5) is 11.2. The zero-order chi connectivity index (χ0) is 10.7. The van der Waals surface area contributed by atoms with Crippen LogP contribution in [0.3, 0.4) is 0 Å². The minimum absolute atomic E-state index is 0.307. The molecule has 0 spiro atoms. The lowest BCUT2D eigenvalue weighted by Gasteiger charge is -2.08. The van der Waals surface area contributed by atoms with Gasteiger partial charge < -0.3 is 5.11 Å². The van der Waals surface area contributed by atoms with E-state index in [1.807, 2.05) is 0 Å². The van der Waals surface area contributed by atoms with Gasteiger partial charge in [0.25, 0.3) is 0 Å². The molecule has 0 saturated carbocycles. The highest BCUT2D eigenvalue weighted by atomic mass is 32.2. The zero-order valence-corrected chi connectivity index (χ0v) is 8.77. The Labute approximate surface area is 86.1 Å². The van der Waals surface area contributed by atoms with Crippen molar-refractivity contribution in [2.45, 2.75) is 17.7 Å². The Hall–Kier alpha value is -1.03. The third-order valence-electron chi connectivity index (χ3n) is 2.05. The fourth-order valence-corrected chi connectivity index (χ4v) is 1.61. The number of rotatable bonds is 3. The molecule has 0 saturated heterocycles. The number of carbonyl (C=O) groups is 1. The van der Waals surface area contributed by atoms with Crippen molar-refractivity contribution in [1.29, 1.82) is 0 Å². The first-order valence-corrected chi connectivity index (χ1v) is 5.35. The van der Waals surface area contributed by atoms with Crippen LogP contribution in [0.2, 0.25) is 0 Å². The van der Waals surface area contributed by atoms with Gasteiger partial charge in [-0.3, -0.25) is 4.79 Å². The van der Waals surface area contributed by atoms with E-state index in [1.54, 1.807) is 19.2 Å². The number of aliphatic carboxylic acids is 1. The molecule has 0 aliphatic heterocycles. The minimum atomic E-state index is -0.899. The molecule has 1 atom stereocenters. The maximum absolute atomic E-state index is 13.1. The summed E-state index contributed by atoms with van der Waals surface area (Å²) in [7, 11) is 0. The highest BCUT2D eigenvalue weighted by Gasteiger charge is 2.14. The lowest BCUT2D eigenvalue weighted by molar-refractivity contribution is -0.138. The van der Waals surface area contributed by atoms with E-state index < -0.39 is 11.9 Å². The number of hydrogen-bond donors (Lipinski definition) is 1. The summed E-state index contributed by atoms with van der Waals surface area (Å²) in [5.41, 5.74) is 0.628. The first-order chi connectivity index (χ1) is 6.56. The van der Waals surface area contributed by atoms with E-state index in [4.69, 9.17) is 5.11 Å². The van der Waals surface area contributed by atoms with E-state index in [9.17, 15) is 9.18 Å². The van der Waals surface area contributed by atoms with Gasteiger partial charge in [-0.1, -0.05) is 6.07 Å². The number of carboxylic acids is 1. The maximum atomic E-state index is 13.1. The molecule has 1 unspecified atom stereocenters. The van der Waals surface area contributed by atoms with Gasteiger partial charge in [0.2, 0.25) is 0 Å². The summed E-state index contributed by atoms with van der Waals surface area (Å²) in [5, 5.41) is 8.77. The van der Waals surface area contributed by atoms with Crippen LogP contribution in [0.1, 0.15) is 18.4 Å². The van der Waals surface area contributed by atoms with Crippen LogP contribution in [-0.4, -0.2) is 17.3 Å². The van der Waals surface area contributed by atoms with Gasteiger partial charge in [-0.05, 0) is 30.9 Å². The number of benzene rings is 1. The van der Waals surface area contributed by atoms with Crippen LogP contribution in [0, 0.1) is 5.82 Å². The molecular weight excluding hydrogens is 203 g/mol. The highest BCUT2D eigenvalue weighted by molar-refractivity contribution is 7.98. The van der Waals surface area contributed by atoms with E-state index in [0.717, 1.165) is 0 Å². The largest absolute Gasteiger partial charge is 0.481 e. The number of carboxylic acid groups (broad SMARTS) is 1. The van der Waals surface area contributed by atoms with Gasteiger partial charge in [-0.15, -0.1) is 11.8 Å². The van der Waals surface area contributed by atoms with E-state index in [0.29, 0.717) is 10.5 Å². The van der Waals surface area contributed by atoms with Crippen LogP contribution in [0.4, 0.5) is 4.39 Å². The van der Waals surface area contributed by atoms with Crippen molar-refractivity contribution in [1.82, 2.24) is 0 Å². The van der Waals surface area contributed by atoms with E-state index in [2.05, 4.69) is 0 Å². The van der Waals surface area contributed by atoms with E-state index >= 15 is 0 Å². The molecule has 0 aliphatic rings. The summed E-state index contributed by atoms with van der Waals surface area (Å²) < 4.78 is 13.1. The molecule has 1 rings (SSSR count). The summed E-state index contributed by atoms with van der Waals surface area (Å²) in [5.74, 6) is -1.80. The predicted octanol–water partition coefficient (Wildman–Crippen LogP) is 2.74. The SMILES string of the molecule is CSc1cc(C(C)C(=O)O)ccc1F. The third kappa shape index (κ3) is 2.26. The molecule has 0 bridgehead atoms. The van der Waals surface area contributed by atoms with Crippen molar-refractivity contribution in [3.8, 4) is 0 Å². The molecule has 1 aromatic carbocycles. The molecule has 76 valence electrons. The Morgan fingerprint density at radius 3 is 2.71 bits per heavy atom. The third-order valence-corrected chi connectivity index (χ3v) is 2.80. The lowest BCUT2D eigenvalue weighted by atomic mass is 10.0. The Balaban J connectivity index is 3.06. The summed E-state index contributed by atoms with van der Waals surface area (Å²) in [6, 6.07) is 4.40. The Morgan fingerprint density at radius 1 is 1.57 bits per heavy atom. The fraction of sp³-hybridized carbons (Fsp3) is 0.300. The average molecular weight is 214 g/mol. The van der Waals surface area contributed by atoms with Crippen LogP contribution >= 0.6 is 11.8 Å². The second-order valence-corrected chi connectivity index (χ2v) is 3.80. The topological polar surface area (TPSA) is 37.3 Å². The number of thioether (sulfide) groups is 1. The molecule has 0 aromatic heterocycles. The molecule has 0 heterocycles. The van der Waals surface area contributed by atoms with Crippen molar-refractivity contribution in [3.05, 3.63) is 29.6 Å². The molecule has 1 N–H and O–H groups in total. The average Bonchev–Trinajstić information content (AvgIpc) is 2.17. The van der Waals surface area contributed by atoms with Gasteiger partial charge in [-0.25, -0.2) is 4.39 Å². The van der Waals surface area contributed by atoms with Gasteiger partial charge in [0.1, 0.15) is 5.82 Å². The second kappa shape index (κ2) is 4.46. The van der Waals surface area contributed by atoms with Crippen LogP contribution in [0.25, 0.3) is 0 Å². The molecule has 1 aromatic rings. The fourth-order valence-electron chi connectivity index (χ4n) is 1.09. The van der Waals surface area contributed by atoms with Crippen molar-refractivity contribution in [2.24, 2.45) is 0 Å². The molecule has 0 aliphatic carbocycles. The minimum Gasteiger partial charge on any atom is -0.481 e. The maximum Gasteiger partial charge on any atom is 0.310 e. The number of halogens is 1. The van der Waals surface area contributed by atoms with Crippen LogP contribution in [0.15, 0.2) is 23.1 Å². The van der Waals surface area contributed by atoms with Gasteiger partial charge >= 0.3 is 5.97 Å². The Morgan fingerprint density at radius 2 is 2.21 bits per heavy atom. The van der Waals surface area contributed by atoms with Crippen LogP contribution < -0.4 is 0 Å². The molecule has 2 nitrogen and oxygen atoms in total. The van der Waals surface area contributed by atoms with Crippen LogP contribution in [0.5, 0.6) is 0 Å². The molecule has 0 radical (unpaired) electrons. The van der Waals surface area contributed by atoms with Gasteiger partial charge in [0.15, 0.2) is 0 Å². The van der Waals surface area contributed by atoms with E-state index in [-0.39, 0.29) is 5.82 Å². The van der Waals surface area contributed by atoms with Gasteiger partial charge in [0, 0.05) is 4.90 Å².